The second kappa shape index (κ2) is 11.7. The molecule has 0 bridgehead atoms. The number of phenols is 1. The lowest BCUT2D eigenvalue weighted by molar-refractivity contribution is -0.144. The Morgan fingerprint density at radius 1 is 0.778 bits per heavy atom. The molecule has 0 spiro atoms. The minimum atomic E-state index is -4.55. The van der Waals surface area contributed by atoms with E-state index in [1.165, 1.54) is 0 Å². The Morgan fingerprint density at radius 3 is 2.27 bits per heavy atom. The predicted octanol–water partition coefficient (Wildman–Crippen LogP) is 6.82. The highest BCUT2D eigenvalue weighted by Gasteiger charge is 2.35. The predicted molar refractivity (Wildman–Crippen MR) is 165 cm³/mol. The summed E-state index contributed by atoms with van der Waals surface area (Å²) in [5.74, 6) is 1.41. The number of hydrogen-bond acceptors (Lipinski definition) is 7. The summed E-state index contributed by atoms with van der Waals surface area (Å²) in [6.45, 7) is 4.19. The molecule has 0 atom stereocenters. The number of aromatic amines is 2. The first-order valence-electron chi connectivity index (χ1n) is 14.5. The van der Waals surface area contributed by atoms with Gasteiger partial charge in [-0.05, 0) is 60.7 Å². The smallest absolute Gasteiger partial charge is 0.449 e. The van der Waals surface area contributed by atoms with Gasteiger partial charge in [0.1, 0.15) is 46.5 Å². The van der Waals surface area contributed by atoms with Crippen LogP contribution in [0.2, 0.25) is 0 Å². The summed E-state index contributed by atoms with van der Waals surface area (Å²) in [5.41, 5.74) is 4.29. The molecule has 9 nitrogen and oxygen atoms in total. The molecule has 4 aromatic carbocycles. The Kier molecular flexibility index (Phi) is 7.42. The van der Waals surface area contributed by atoms with Gasteiger partial charge in [-0.3, -0.25) is 4.90 Å². The maximum absolute atomic E-state index is 13.1. The number of alkyl halides is 3. The topological polar surface area (TPSA) is 103 Å². The molecule has 0 unspecified atom stereocenters. The van der Waals surface area contributed by atoms with Crippen LogP contribution >= 0.6 is 0 Å². The number of rotatable bonds is 8. The van der Waals surface area contributed by atoms with E-state index in [-0.39, 0.29) is 11.3 Å². The summed E-state index contributed by atoms with van der Waals surface area (Å²) in [4.78, 5) is 19.0. The molecule has 45 heavy (non-hydrogen) atoms. The van der Waals surface area contributed by atoms with Crippen LogP contribution in [0.15, 0.2) is 84.9 Å². The number of para-hydroxylation sites is 2. The van der Waals surface area contributed by atoms with Gasteiger partial charge in [-0.25, -0.2) is 9.97 Å². The molecular formula is C33H29F3N6O3. The quantitative estimate of drug-likeness (QED) is 0.173. The van der Waals surface area contributed by atoms with E-state index in [4.69, 9.17) is 14.5 Å². The van der Waals surface area contributed by atoms with Crippen LogP contribution in [0.4, 0.5) is 18.9 Å². The average Bonchev–Trinajstić information content (AvgIpc) is 3.68. The normalized spacial score (nSPS) is 14.3. The van der Waals surface area contributed by atoms with Crippen molar-refractivity contribution >= 4 is 27.8 Å². The zero-order chi connectivity index (χ0) is 31.0. The number of anilines is 1. The average molecular weight is 615 g/mol. The Balaban J connectivity index is 0.971. The molecule has 12 heteroatoms. The number of phenolic OH excluding ortho intramolecular Hbond substituents is 1. The van der Waals surface area contributed by atoms with Crippen LogP contribution in [0, 0.1) is 0 Å². The van der Waals surface area contributed by atoms with Crippen molar-refractivity contribution in [1.29, 1.82) is 0 Å². The molecule has 0 saturated carbocycles. The van der Waals surface area contributed by atoms with E-state index in [0.717, 1.165) is 54.3 Å². The third-order valence-corrected chi connectivity index (χ3v) is 7.79. The highest BCUT2D eigenvalue weighted by Crippen LogP contribution is 2.33. The van der Waals surface area contributed by atoms with Crippen molar-refractivity contribution in [3.63, 3.8) is 0 Å². The molecule has 1 aliphatic rings. The SMILES string of the molecule is Oc1cccc(Oc2ccc(-c3nc4c(N5CCN(CCOc6cccc7[nH]c(C(F)(F)F)nc67)CC5)cccc4[nH]3)cc2)c1. The maximum atomic E-state index is 13.1. The van der Waals surface area contributed by atoms with Gasteiger partial charge in [0, 0.05) is 44.4 Å². The lowest BCUT2D eigenvalue weighted by atomic mass is 10.2. The molecular weight excluding hydrogens is 585 g/mol. The number of benzene rings is 4. The van der Waals surface area contributed by atoms with Gasteiger partial charge in [-0.1, -0.05) is 18.2 Å². The molecule has 6 aromatic rings. The van der Waals surface area contributed by atoms with Crippen LogP contribution in [0.25, 0.3) is 33.5 Å². The second-order valence-corrected chi connectivity index (χ2v) is 10.8. The monoisotopic (exact) mass is 614 g/mol. The van der Waals surface area contributed by atoms with Crippen LogP contribution in [-0.2, 0) is 6.18 Å². The molecule has 3 N–H and O–H groups in total. The molecule has 0 aliphatic carbocycles. The van der Waals surface area contributed by atoms with E-state index in [1.807, 2.05) is 36.4 Å². The molecule has 1 saturated heterocycles. The third kappa shape index (κ3) is 6.09. The largest absolute Gasteiger partial charge is 0.508 e. The van der Waals surface area contributed by atoms with E-state index < -0.39 is 12.0 Å². The van der Waals surface area contributed by atoms with Crippen molar-refractivity contribution in [1.82, 2.24) is 24.8 Å². The van der Waals surface area contributed by atoms with Gasteiger partial charge < -0.3 is 29.4 Å². The number of H-pyrrole nitrogens is 2. The van der Waals surface area contributed by atoms with Crippen LogP contribution in [-0.4, -0.2) is 69.3 Å². The molecule has 0 amide bonds. The van der Waals surface area contributed by atoms with Gasteiger partial charge in [0.05, 0.1) is 16.7 Å². The zero-order valence-electron chi connectivity index (χ0n) is 24.0. The van der Waals surface area contributed by atoms with Gasteiger partial charge in [-0.15, -0.1) is 0 Å². The maximum Gasteiger partial charge on any atom is 0.449 e. The van der Waals surface area contributed by atoms with Crippen molar-refractivity contribution in [3.8, 4) is 34.4 Å². The van der Waals surface area contributed by atoms with Gasteiger partial charge in [-0.2, -0.15) is 13.2 Å². The number of fused-ring (bicyclic) bond motifs is 2. The highest BCUT2D eigenvalue weighted by atomic mass is 19.4. The summed E-state index contributed by atoms with van der Waals surface area (Å²) < 4.78 is 51.0. The van der Waals surface area contributed by atoms with E-state index in [2.05, 4.69) is 30.8 Å². The van der Waals surface area contributed by atoms with Crippen molar-refractivity contribution in [3.05, 3.63) is 90.8 Å². The standard InChI is InChI=1S/C33H29F3N6O3/c34-33(35,36)32-38-26-7-3-9-28(30(26)40-32)44-19-18-41-14-16-42(17-15-41)27-8-2-6-25-29(27)39-31(37-25)21-10-12-23(13-11-21)45-24-5-1-4-22(43)20-24/h1-13,20,43H,14-19H2,(H,37,39)(H,38,40). The van der Waals surface area contributed by atoms with Crippen molar-refractivity contribution in [2.45, 2.75) is 6.18 Å². The number of piperazine rings is 1. The van der Waals surface area contributed by atoms with Gasteiger partial charge in [0.25, 0.3) is 0 Å². The third-order valence-electron chi connectivity index (χ3n) is 7.79. The van der Waals surface area contributed by atoms with Gasteiger partial charge in [0.15, 0.2) is 0 Å². The molecule has 0 radical (unpaired) electrons. The molecule has 7 rings (SSSR count). The summed E-state index contributed by atoms with van der Waals surface area (Å²) in [6, 6.07) is 25.2. The number of nitrogens with zero attached hydrogens (tertiary/aromatic N) is 4. The minimum absolute atomic E-state index is 0.144. The van der Waals surface area contributed by atoms with Crippen molar-refractivity contribution in [2.24, 2.45) is 0 Å². The van der Waals surface area contributed by atoms with Crippen LogP contribution < -0.4 is 14.4 Å². The molecule has 1 fully saturated rings. The molecule has 3 heterocycles. The van der Waals surface area contributed by atoms with Crippen molar-refractivity contribution in [2.75, 3.05) is 44.2 Å². The first kappa shape index (κ1) is 28.5. The van der Waals surface area contributed by atoms with E-state index in [9.17, 15) is 18.3 Å². The fraction of sp³-hybridized carbons (Fsp3) is 0.212. The molecule has 2 aromatic heterocycles. The molecule has 1 aliphatic heterocycles. The second-order valence-electron chi connectivity index (χ2n) is 10.8. The van der Waals surface area contributed by atoms with Gasteiger partial charge in [0.2, 0.25) is 5.82 Å². The summed E-state index contributed by atoms with van der Waals surface area (Å²) >= 11 is 0. The summed E-state index contributed by atoms with van der Waals surface area (Å²) in [5, 5.41) is 9.67. The Morgan fingerprint density at radius 2 is 1.51 bits per heavy atom. The fourth-order valence-electron chi connectivity index (χ4n) is 5.53. The first-order valence-corrected chi connectivity index (χ1v) is 14.5. The lowest BCUT2D eigenvalue weighted by Gasteiger charge is -2.36. The number of imidazole rings is 2. The highest BCUT2D eigenvalue weighted by molar-refractivity contribution is 5.91. The van der Waals surface area contributed by atoms with E-state index >= 15 is 0 Å². The van der Waals surface area contributed by atoms with Crippen LogP contribution in [0.5, 0.6) is 23.0 Å². The van der Waals surface area contributed by atoms with E-state index in [1.54, 1.807) is 42.5 Å². The number of nitrogens with one attached hydrogen (secondary N) is 2. The number of ether oxygens (including phenoxy) is 2. The van der Waals surface area contributed by atoms with Crippen molar-refractivity contribution < 1.29 is 27.8 Å². The number of hydrogen-bond donors (Lipinski definition) is 3. The number of aromatic hydroxyl groups is 1. The zero-order valence-corrected chi connectivity index (χ0v) is 24.0. The van der Waals surface area contributed by atoms with Crippen LogP contribution in [0.1, 0.15) is 5.82 Å². The molecule has 230 valence electrons. The fourth-order valence-corrected chi connectivity index (χ4v) is 5.53. The first-order chi connectivity index (χ1) is 21.8. The van der Waals surface area contributed by atoms with E-state index in [0.29, 0.717) is 35.9 Å². The Hall–Kier alpha value is -5.23. The van der Waals surface area contributed by atoms with Crippen LogP contribution in [0.3, 0.4) is 0 Å². The number of aromatic nitrogens is 4. The van der Waals surface area contributed by atoms with Gasteiger partial charge >= 0.3 is 6.18 Å². The summed E-state index contributed by atoms with van der Waals surface area (Å²) in [6.07, 6.45) is -4.55. The summed E-state index contributed by atoms with van der Waals surface area (Å²) in [7, 11) is 0. The Labute approximate surface area is 255 Å². The Bertz CT molecular complexity index is 1950. The minimum Gasteiger partial charge on any atom is -0.508 e. The number of halogens is 3. The lowest BCUT2D eigenvalue weighted by Crippen LogP contribution is -2.47.